The molecule has 1 fully saturated rings. The van der Waals surface area contributed by atoms with E-state index in [1.165, 1.54) is 0 Å². The molecule has 0 spiro atoms. The molecular formula is C19H22N4O2. The molecule has 0 saturated carbocycles. The molecule has 2 aromatic rings. The van der Waals surface area contributed by atoms with Crippen LogP contribution in [0, 0.1) is 0 Å². The maximum Gasteiger partial charge on any atom is 0.253 e. The van der Waals surface area contributed by atoms with Gasteiger partial charge in [-0.25, -0.2) is 0 Å². The first kappa shape index (κ1) is 17.0. The first-order chi connectivity index (χ1) is 12.1. The Labute approximate surface area is 147 Å². The predicted molar refractivity (Wildman–Crippen MR) is 96.1 cm³/mol. The van der Waals surface area contributed by atoms with Crippen molar-refractivity contribution in [2.45, 2.75) is 25.4 Å². The van der Waals surface area contributed by atoms with Crippen LogP contribution in [0.3, 0.4) is 0 Å². The molecule has 0 aliphatic carbocycles. The Balaban J connectivity index is 1.65. The molecule has 1 aromatic heterocycles. The molecule has 0 unspecified atom stereocenters. The van der Waals surface area contributed by atoms with Gasteiger partial charge in [0.25, 0.3) is 5.91 Å². The van der Waals surface area contributed by atoms with Crippen LogP contribution < -0.4 is 10.6 Å². The predicted octanol–water partition coefficient (Wildman–Crippen LogP) is 2.04. The van der Waals surface area contributed by atoms with Crippen molar-refractivity contribution in [2.24, 2.45) is 0 Å². The summed E-state index contributed by atoms with van der Waals surface area (Å²) in [7, 11) is 1.77. The molecule has 0 bridgehead atoms. The number of aromatic nitrogens is 1. The number of para-hydroxylation sites is 1. The fourth-order valence-corrected chi connectivity index (χ4v) is 2.93. The number of likely N-dealkylation sites (N-methyl/N-ethyl adjacent to an activating group) is 1. The minimum absolute atomic E-state index is 0.0124. The Morgan fingerprint density at radius 2 is 2.12 bits per heavy atom. The summed E-state index contributed by atoms with van der Waals surface area (Å²) in [5.74, 6) is 0.00562. The van der Waals surface area contributed by atoms with Crippen LogP contribution in [0.2, 0.25) is 0 Å². The number of rotatable bonds is 5. The zero-order valence-corrected chi connectivity index (χ0v) is 14.2. The molecule has 0 radical (unpaired) electrons. The zero-order chi connectivity index (χ0) is 17.6. The molecule has 3 rings (SSSR count). The minimum Gasteiger partial charge on any atom is -0.380 e. The standard InChI is InChI=1S/C19H22N4O2/c1-23-13-15(8-9-18(23)24)22-19(25)16-6-2-3-7-17(16)21-12-14-5-4-10-20-11-14/h2-7,10-11,15,21H,8-9,12-13H2,1H3,(H,22,25)/t15-/m0/s1. The van der Waals surface area contributed by atoms with Crippen LogP contribution in [-0.4, -0.2) is 41.3 Å². The summed E-state index contributed by atoms with van der Waals surface area (Å²) in [6, 6.07) is 11.3. The summed E-state index contributed by atoms with van der Waals surface area (Å²) in [4.78, 5) is 30.0. The van der Waals surface area contributed by atoms with Gasteiger partial charge in [0.05, 0.1) is 5.56 Å². The Bertz CT molecular complexity index is 748. The molecule has 2 N–H and O–H groups in total. The normalized spacial score (nSPS) is 17.2. The third-order valence-corrected chi connectivity index (χ3v) is 4.34. The Morgan fingerprint density at radius 3 is 2.88 bits per heavy atom. The van der Waals surface area contributed by atoms with Gasteiger partial charge in [0, 0.05) is 50.7 Å². The summed E-state index contributed by atoms with van der Waals surface area (Å²) < 4.78 is 0. The highest BCUT2D eigenvalue weighted by atomic mass is 16.2. The van der Waals surface area contributed by atoms with Crippen LogP contribution in [0.4, 0.5) is 5.69 Å². The number of hydrogen-bond donors (Lipinski definition) is 2. The monoisotopic (exact) mass is 338 g/mol. The molecule has 2 amide bonds. The van der Waals surface area contributed by atoms with Crippen molar-refractivity contribution in [2.75, 3.05) is 18.9 Å². The number of nitrogens with one attached hydrogen (secondary N) is 2. The lowest BCUT2D eigenvalue weighted by atomic mass is 10.0. The molecular weight excluding hydrogens is 316 g/mol. The number of benzene rings is 1. The van der Waals surface area contributed by atoms with Gasteiger partial charge in [-0.3, -0.25) is 14.6 Å². The molecule has 130 valence electrons. The third-order valence-electron chi connectivity index (χ3n) is 4.34. The van der Waals surface area contributed by atoms with E-state index >= 15 is 0 Å². The average Bonchev–Trinajstić information content (AvgIpc) is 2.64. The van der Waals surface area contributed by atoms with Crippen LogP contribution in [0.5, 0.6) is 0 Å². The lowest BCUT2D eigenvalue weighted by Gasteiger charge is -2.30. The molecule has 1 aliphatic rings. The summed E-state index contributed by atoms with van der Waals surface area (Å²) in [5, 5.41) is 6.34. The number of carbonyl (C=O) groups is 2. The van der Waals surface area contributed by atoms with E-state index in [1.54, 1.807) is 30.4 Å². The number of amides is 2. The largest absolute Gasteiger partial charge is 0.380 e. The highest BCUT2D eigenvalue weighted by Gasteiger charge is 2.24. The first-order valence-corrected chi connectivity index (χ1v) is 8.40. The van der Waals surface area contributed by atoms with Gasteiger partial charge in [0.2, 0.25) is 5.91 Å². The molecule has 1 aliphatic heterocycles. The van der Waals surface area contributed by atoms with Crippen LogP contribution >= 0.6 is 0 Å². The molecule has 1 atom stereocenters. The average molecular weight is 338 g/mol. The second kappa shape index (κ2) is 7.79. The van der Waals surface area contributed by atoms with Crippen molar-refractivity contribution in [1.29, 1.82) is 0 Å². The van der Waals surface area contributed by atoms with E-state index in [4.69, 9.17) is 0 Å². The van der Waals surface area contributed by atoms with E-state index in [1.807, 2.05) is 30.3 Å². The lowest BCUT2D eigenvalue weighted by molar-refractivity contribution is -0.132. The van der Waals surface area contributed by atoms with Gasteiger partial charge in [0.1, 0.15) is 0 Å². The molecule has 6 nitrogen and oxygen atoms in total. The van der Waals surface area contributed by atoms with E-state index in [2.05, 4.69) is 15.6 Å². The highest BCUT2D eigenvalue weighted by molar-refractivity contribution is 5.99. The van der Waals surface area contributed by atoms with E-state index < -0.39 is 0 Å². The number of nitrogens with zero attached hydrogens (tertiary/aromatic N) is 2. The van der Waals surface area contributed by atoms with Crippen molar-refractivity contribution in [3.05, 3.63) is 59.9 Å². The number of carbonyl (C=O) groups excluding carboxylic acids is 2. The SMILES string of the molecule is CN1C[C@@H](NC(=O)c2ccccc2NCc2cccnc2)CCC1=O. The number of piperidine rings is 1. The molecule has 1 saturated heterocycles. The van der Waals surface area contributed by atoms with Gasteiger partial charge >= 0.3 is 0 Å². The zero-order valence-electron chi connectivity index (χ0n) is 14.2. The van der Waals surface area contributed by atoms with E-state index in [0.717, 1.165) is 11.3 Å². The Hall–Kier alpha value is -2.89. The number of hydrogen-bond acceptors (Lipinski definition) is 4. The van der Waals surface area contributed by atoms with Crippen LogP contribution in [0.15, 0.2) is 48.8 Å². The number of pyridine rings is 1. The second-order valence-electron chi connectivity index (χ2n) is 6.24. The highest BCUT2D eigenvalue weighted by Crippen LogP contribution is 2.17. The van der Waals surface area contributed by atoms with Gasteiger partial charge in [-0.15, -0.1) is 0 Å². The fourth-order valence-electron chi connectivity index (χ4n) is 2.93. The number of likely N-dealkylation sites (tertiary alicyclic amines) is 1. The fraction of sp³-hybridized carbons (Fsp3) is 0.316. The van der Waals surface area contributed by atoms with Gasteiger partial charge < -0.3 is 15.5 Å². The van der Waals surface area contributed by atoms with Gasteiger partial charge in [-0.1, -0.05) is 18.2 Å². The third kappa shape index (κ3) is 4.35. The summed E-state index contributed by atoms with van der Waals surface area (Å²) in [6.07, 6.45) is 4.68. The second-order valence-corrected chi connectivity index (χ2v) is 6.24. The number of anilines is 1. The van der Waals surface area contributed by atoms with Crippen molar-refractivity contribution in [3.8, 4) is 0 Å². The van der Waals surface area contributed by atoms with Gasteiger partial charge in [-0.2, -0.15) is 0 Å². The van der Waals surface area contributed by atoms with Gasteiger partial charge in [-0.05, 0) is 30.2 Å². The van der Waals surface area contributed by atoms with Crippen molar-refractivity contribution in [3.63, 3.8) is 0 Å². The maximum atomic E-state index is 12.7. The van der Waals surface area contributed by atoms with Crippen LogP contribution in [-0.2, 0) is 11.3 Å². The molecule has 1 aromatic carbocycles. The minimum atomic E-state index is -0.123. The van der Waals surface area contributed by atoms with Crippen molar-refractivity contribution in [1.82, 2.24) is 15.2 Å². The molecule has 6 heteroatoms. The Kier molecular flexibility index (Phi) is 5.28. The molecule has 2 heterocycles. The van der Waals surface area contributed by atoms with E-state index in [9.17, 15) is 9.59 Å². The quantitative estimate of drug-likeness (QED) is 0.875. The Morgan fingerprint density at radius 1 is 1.28 bits per heavy atom. The summed E-state index contributed by atoms with van der Waals surface area (Å²) in [6.45, 7) is 1.15. The molecule has 25 heavy (non-hydrogen) atoms. The topological polar surface area (TPSA) is 74.3 Å². The lowest BCUT2D eigenvalue weighted by Crippen LogP contribution is -2.48. The summed E-state index contributed by atoms with van der Waals surface area (Å²) in [5.41, 5.74) is 2.43. The smallest absolute Gasteiger partial charge is 0.253 e. The van der Waals surface area contributed by atoms with Crippen molar-refractivity contribution >= 4 is 17.5 Å². The van der Waals surface area contributed by atoms with Crippen LogP contribution in [0.25, 0.3) is 0 Å². The maximum absolute atomic E-state index is 12.7. The van der Waals surface area contributed by atoms with Crippen LogP contribution in [0.1, 0.15) is 28.8 Å². The van der Waals surface area contributed by atoms with Crippen molar-refractivity contribution < 1.29 is 9.59 Å². The van der Waals surface area contributed by atoms with E-state index in [0.29, 0.717) is 31.5 Å². The summed E-state index contributed by atoms with van der Waals surface area (Å²) >= 11 is 0. The van der Waals surface area contributed by atoms with E-state index in [-0.39, 0.29) is 17.9 Å². The van der Waals surface area contributed by atoms with Gasteiger partial charge in [0.15, 0.2) is 0 Å². The first-order valence-electron chi connectivity index (χ1n) is 8.40.